The minimum atomic E-state index is 0.530. The molecule has 0 bridgehead atoms. The van der Waals surface area contributed by atoms with Gasteiger partial charge in [0.1, 0.15) is 0 Å². The molecule has 0 spiro atoms. The molecule has 1 aromatic heterocycles. The first kappa shape index (κ1) is 14.5. The van der Waals surface area contributed by atoms with Crippen LogP contribution in [0.15, 0.2) is 49.8 Å². The summed E-state index contributed by atoms with van der Waals surface area (Å²) in [5.41, 5.74) is 4.09. The van der Waals surface area contributed by atoms with E-state index in [-0.39, 0.29) is 0 Å². The molecule has 0 unspecified atom stereocenters. The Bertz CT molecular complexity index is 812. The Balaban J connectivity index is 2.01. The van der Waals surface area contributed by atoms with Crippen LogP contribution in [0.3, 0.4) is 0 Å². The first-order valence-corrected chi connectivity index (χ1v) is 8.00. The lowest BCUT2D eigenvalue weighted by Crippen LogP contribution is -1.83. The molecule has 0 aliphatic carbocycles. The lowest BCUT2D eigenvalue weighted by atomic mass is 10.1. The average Bonchev–Trinajstić information content (AvgIpc) is 2.91. The molecule has 2 aromatic carbocycles. The summed E-state index contributed by atoms with van der Waals surface area (Å²) in [6, 6.07) is 11.9. The van der Waals surface area contributed by atoms with Crippen molar-refractivity contribution in [2.75, 3.05) is 0 Å². The Morgan fingerprint density at radius 2 is 1.62 bits per heavy atom. The van der Waals surface area contributed by atoms with Crippen LogP contribution in [-0.2, 0) is 0 Å². The smallest absolute Gasteiger partial charge is 0.248 e. The van der Waals surface area contributed by atoms with E-state index in [1.165, 1.54) is 0 Å². The average molecular weight is 408 g/mol. The third-order valence-electron chi connectivity index (χ3n) is 3.25. The zero-order chi connectivity index (χ0) is 15.0. The van der Waals surface area contributed by atoms with Crippen LogP contribution in [0.2, 0.25) is 0 Å². The fraction of sp³-hybridized carbons (Fsp3) is 0.125. The van der Waals surface area contributed by atoms with E-state index in [0.29, 0.717) is 11.8 Å². The molecule has 0 amide bonds. The van der Waals surface area contributed by atoms with E-state index in [2.05, 4.69) is 42.1 Å². The molecule has 106 valence electrons. The van der Waals surface area contributed by atoms with Crippen molar-refractivity contribution in [1.29, 1.82) is 0 Å². The van der Waals surface area contributed by atoms with Gasteiger partial charge in [0.2, 0.25) is 11.8 Å². The summed E-state index contributed by atoms with van der Waals surface area (Å²) in [5.74, 6) is 1.07. The van der Waals surface area contributed by atoms with Crippen LogP contribution in [0.1, 0.15) is 11.1 Å². The molecule has 0 saturated heterocycles. The lowest BCUT2D eigenvalue weighted by Gasteiger charge is -2.01. The molecular formula is C16H12Br2N2O. The fourth-order valence-electron chi connectivity index (χ4n) is 2.09. The molecule has 0 saturated carbocycles. The van der Waals surface area contributed by atoms with Gasteiger partial charge in [0.25, 0.3) is 0 Å². The highest BCUT2D eigenvalue weighted by atomic mass is 79.9. The molecule has 3 rings (SSSR count). The molecular weight excluding hydrogens is 396 g/mol. The summed E-state index contributed by atoms with van der Waals surface area (Å²) in [6.45, 7) is 4.05. The number of hydrogen-bond donors (Lipinski definition) is 0. The number of aryl methyl sites for hydroxylation is 2. The van der Waals surface area contributed by atoms with Gasteiger partial charge in [-0.05, 0) is 61.4 Å². The van der Waals surface area contributed by atoms with Gasteiger partial charge in [-0.2, -0.15) is 0 Å². The third kappa shape index (κ3) is 2.94. The van der Waals surface area contributed by atoms with E-state index in [9.17, 15) is 0 Å². The van der Waals surface area contributed by atoms with Crippen molar-refractivity contribution < 1.29 is 4.42 Å². The van der Waals surface area contributed by atoms with E-state index in [1.807, 2.05) is 50.2 Å². The van der Waals surface area contributed by atoms with E-state index in [1.54, 1.807) is 0 Å². The topological polar surface area (TPSA) is 38.9 Å². The molecule has 0 N–H and O–H groups in total. The second kappa shape index (κ2) is 5.73. The first-order chi connectivity index (χ1) is 10.0. The number of halogens is 2. The van der Waals surface area contributed by atoms with Crippen molar-refractivity contribution in [1.82, 2.24) is 10.2 Å². The van der Waals surface area contributed by atoms with E-state index in [4.69, 9.17) is 4.42 Å². The highest BCUT2D eigenvalue weighted by Crippen LogP contribution is 2.29. The van der Waals surface area contributed by atoms with Gasteiger partial charge >= 0.3 is 0 Å². The molecule has 21 heavy (non-hydrogen) atoms. The zero-order valence-corrected chi connectivity index (χ0v) is 14.7. The maximum absolute atomic E-state index is 5.82. The van der Waals surface area contributed by atoms with Crippen LogP contribution in [0, 0.1) is 13.8 Å². The van der Waals surface area contributed by atoms with E-state index >= 15 is 0 Å². The van der Waals surface area contributed by atoms with E-state index in [0.717, 1.165) is 31.2 Å². The van der Waals surface area contributed by atoms with Crippen molar-refractivity contribution >= 4 is 31.9 Å². The zero-order valence-electron chi connectivity index (χ0n) is 11.5. The van der Waals surface area contributed by atoms with Crippen molar-refractivity contribution in [3.8, 4) is 22.9 Å². The number of aromatic nitrogens is 2. The predicted molar refractivity (Wildman–Crippen MR) is 90.0 cm³/mol. The number of nitrogens with zero attached hydrogens (tertiary/aromatic N) is 2. The van der Waals surface area contributed by atoms with Gasteiger partial charge in [-0.1, -0.05) is 31.9 Å². The molecule has 0 radical (unpaired) electrons. The number of benzene rings is 2. The van der Waals surface area contributed by atoms with Crippen LogP contribution < -0.4 is 0 Å². The van der Waals surface area contributed by atoms with E-state index < -0.39 is 0 Å². The van der Waals surface area contributed by atoms with Crippen molar-refractivity contribution in [2.45, 2.75) is 13.8 Å². The first-order valence-electron chi connectivity index (χ1n) is 6.41. The van der Waals surface area contributed by atoms with Crippen LogP contribution in [0.5, 0.6) is 0 Å². The Kier molecular flexibility index (Phi) is 3.95. The van der Waals surface area contributed by atoms with Gasteiger partial charge in [0.15, 0.2) is 0 Å². The monoisotopic (exact) mass is 406 g/mol. The maximum atomic E-state index is 5.82. The minimum Gasteiger partial charge on any atom is -0.416 e. The Labute approximate surface area is 139 Å². The molecule has 0 fully saturated rings. The quantitative estimate of drug-likeness (QED) is 0.559. The van der Waals surface area contributed by atoms with Crippen molar-refractivity contribution in [3.05, 3.63) is 56.5 Å². The van der Waals surface area contributed by atoms with Crippen LogP contribution in [0.25, 0.3) is 22.9 Å². The summed E-state index contributed by atoms with van der Waals surface area (Å²) in [6.07, 6.45) is 0. The molecule has 0 atom stereocenters. The minimum absolute atomic E-state index is 0.530. The van der Waals surface area contributed by atoms with Gasteiger partial charge in [-0.3, -0.25) is 0 Å². The Hall–Kier alpha value is -1.46. The van der Waals surface area contributed by atoms with Crippen LogP contribution in [-0.4, -0.2) is 10.2 Å². The molecule has 0 aliphatic rings. The van der Waals surface area contributed by atoms with Crippen molar-refractivity contribution in [3.63, 3.8) is 0 Å². The Morgan fingerprint density at radius 3 is 2.33 bits per heavy atom. The second-order valence-corrected chi connectivity index (χ2v) is 6.61. The Morgan fingerprint density at radius 1 is 0.857 bits per heavy atom. The van der Waals surface area contributed by atoms with Gasteiger partial charge in [-0.25, -0.2) is 0 Å². The summed E-state index contributed by atoms with van der Waals surface area (Å²) >= 11 is 6.94. The normalized spacial score (nSPS) is 10.9. The van der Waals surface area contributed by atoms with Gasteiger partial charge < -0.3 is 4.42 Å². The number of hydrogen-bond acceptors (Lipinski definition) is 3. The highest BCUT2D eigenvalue weighted by Gasteiger charge is 2.13. The summed E-state index contributed by atoms with van der Waals surface area (Å²) < 4.78 is 7.92. The number of rotatable bonds is 2. The molecule has 3 aromatic rings. The lowest BCUT2D eigenvalue weighted by molar-refractivity contribution is 0.584. The standard InChI is InChI=1S/C16H12Br2N2O/c1-9-8-12(17)4-5-13(9)16-20-19-15(21-16)11-3-6-14(18)10(2)7-11/h3-8H,1-2H3. The molecule has 0 aliphatic heterocycles. The van der Waals surface area contributed by atoms with Crippen molar-refractivity contribution in [2.24, 2.45) is 0 Å². The molecule has 1 heterocycles. The highest BCUT2D eigenvalue weighted by molar-refractivity contribution is 9.10. The summed E-state index contributed by atoms with van der Waals surface area (Å²) in [4.78, 5) is 0. The van der Waals surface area contributed by atoms with Crippen LogP contribution in [0.4, 0.5) is 0 Å². The molecule has 5 heteroatoms. The largest absolute Gasteiger partial charge is 0.416 e. The third-order valence-corrected chi connectivity index (χ3v) is 4.63. The van der Waals surface area contributed by atoms with Crippen LogP contribution >= 0.6 is 31.9 Å². The second-order valence-electron chi connectivity index (χ2n) is 4.84. The van der Waals surface area contributed by atoms with Gasteiger partial charge in [0, 0.05) is 20.1 Å². The maximum Gasteiger partial charge on any atom is 0.248 e. The summed E-state index contributed by atoms with van der Waals surface area (Å²) in [7, 11) is 0. The summed E-state index contributed by atoms with van der Waals surface area (Å²) in [5, 5.41) is 8.32. The molecule has 3 nitrogen and oxygen atoms in total. The fourth-order valence-corrected chi connectivity index (χ4v) is 2.82. The SMILES string of the molecule is Cc1cc(-c2nnc(-c3ccc(Br)cc3C)o2)ccc1Br. The predicted octanol–water partition coefficient (Wildman–Crippen LogP) is 5.55. The van der Waals surface area contributed by atoms with Gasteiger partial charge in [-0.15, -0.1) is 10.2 Å². The van der Waals surface area contributed by atoms with Gasteiger partial charge in [0.05, 0.1) is 0 Å².